The number of benzene rings is 1. The van der Waals surface area contributed by atoms with Gasteiger partial charge in [-0.05, 0) is 55.5 Å². The van der Waals surface area contributed by atoms with Gasteiger partial charge in [0, 0.05) is 11.6 Å². The van der Waals surface area contributed by atoms with Gasteiger partial charge in [0.05, 0.1) is 12.1 Å². The largest absolute Gasteiger partial charge is 0.369 e. The Labute approximate surface area is 147 Å². The molecule has 4 rings (SSSR count). The number of carbonyl (C=O) groups is 1. The summed E-state index contributed by atoms with van der Waals surface area (Å²) >= 11 is 0. The number of aromatic nitrogens is 2. The Morgan fingerprint density at radius 1 is 1.08 bits per heavy atom. The van der Waals surface area contributed by atoms with Gasteiger partial charge in [-0.25, -0.2) is 0 Å². The van der Waals surface area contributed by atoms with E-state index in [1.54, 1.807) is 0 Å². The van der Waals surface area contributed by atoms with Crippen LogP contribution in [0.2, 0.25) is 0 Å². The molecule has 1 aliphatic heterocycles. The zero-order chi connectivity index (χ0) is 17.2. The highest BCUT2D eigenvalue weighted by Crippen LogP contribution is 2.35. The van der Waals surface area contributed by atoms with Crippen molar-refractivity contribution in [1.29, 1.82) is 0 Å². The van der Waals surface area contributed by atoms with Crippen molar-refractivity contribution < 1.29 is 4.79 Å². The van der Waals surface area contributed by atoms with Crippen LogP contribution in [-0.2, 0) is 11.2 Å². The fourth-order valence-electron chi connectivity index (χ4n) is 4.05. The number of hydrogen-bond donors (Lipinski definition) is 3. The van der Waals surface area contributed by atoms with Gasteiger partial charge in [-0.15, -0.1) is 10.2 Å². The van der Waals surface area contributed by atoms with E-state index in [0.717, 1.165) is 47.6 Å². The smallest absolute Gasteiger partial charge is 0.221 e. The third-order valence-corrected chi connectivity index (χ3v) is 5.30. The van der Waals surface area contributed by atoms with E-state index in [0.29, 0.717) is 6.04 Å². The predicted molar refractivity (Wildman–Crippen MR) is 96.9 cm³/mol. The zero-order valence-corrected chi connectivity index (χ0v) is 14.1. The number of amides is 1. The van der Waals surface area contributed by atoms with Gasteiger partial charge in [-0.3, -0.25) is 4.79 Å². The third-order valence-electron chi connectivity index (χ3n) is 5.30. The Hall–Kier alpha value is -2.47. The summed E-state index contributed by atoms with van der Waals surface area (Å²) in [6.07, 6.45) is 2.68. The van der Waals surface area contributed by atoms with E-state index in [2.05, 4.69) is 20.8 Å². The first-order valence-electron chi connectivity index (χ1n) is 8.86. The first-order chi connectivity index (χ1) is 12.2. The quantitative estimate of drug-likeness (QED) is 0.770. The standard InChI is InChI=1S/C19H23N5O/c20-18(25)7-12-1-3-13(4-2-12)17-5-6-19(24-23-17)22-16-8-14-10-21-11-15(14)9-16/h1-6,14-16,21H,7-11H2,(H2,20,25)(H,22,24)/t14-,15+,16?. The minimum atomic E-state index is -0.324. The first kappa shape index (κ1) is 16.0. The lowest BCUT2D eigenvalue weighted by Crippen LogP contribution is -2.21. The van der Waals surface area contributed by atoms with Crippen LogP contribution in [0.3, 0.4) is 0 Å². The van der Waals surface area contributed by atoms with Crippen molar-refractivity contribution in [1.82, 2.24) is 15.5 Å². The topological polar surface area (TPSA) is 92.9 Å². The molecule has 1 saturated carbocycles. The minimum absolute atomic E-state index is 0.258. The first-order valence-corrected chi connectivity index (χ1v) is 8.86. The Morgan fingerprint density at radius 2 is 1.80 bits per heavy atom. The van der Waals surface area contributed by atoms with Gasteiger partial charge in [-0.2, -0.15) is 0 Å². The van der Waals surface area contributed by atoms with Gasteiger partial charge >= 0.3 is 0 Å². The highest BCUT2D eigenvalue weighted by molar-refractivity contribution is 5.76. The maximum absolute atomic E-state index is 11.0. The average molecular weight is 337 g/mol. The van der Waals surface area contributed by atoms with Gasteiger partial charge in [0.15, 0.2) is 0 Å². The Morgan fingerprint density at radius 3 is 2.40 bits per heavy atom. The van der Waals surface area contributed by atoms with Gasteiger partial charge in [0.1, 0.15) is 5.82 Å². The van der Waals surface area contributed by atoms with Crippen LogP contribution in [0.25, 0.3) is 11.3 Å². The molecule has 1 aromatic heterocycles. The summed E-state index contributed by atoms with van der Waals surface area (Å²) in [7, 11) is 0. The van der Waals surface area contributed by atoms with Gasteiger partial charge < -0.3 is 16.4 Å². The molecule has 2 aliphatic rings. The molecule has 1 amide bonds. The second kappa shape index (κ2) is 6.80. The normalized spacial score (nSPS) is 24.9. The SMILES string of the molecule is NC(=O)Cc1ccc(-c2ccc(NC3C[C@H]4CNC[C@H]4C3)nn2)cc1. The summed E-state index contributed by atoms with van der Waals surface area (Å²) in [6, 6.07) is 12.2. The Kier molecular flexibility index (Phi) is 4.36. The molecule has 3 atom stereocenters. The van der Waals surface area contributed by atoms with Crippen LogP contribution in [0.15, 0.2) is 36.4 Å². The maximum atomic E-state index is 11.0. The molecular weight excluding hydrogens is 314 g/mol. The predicted octanol–water partition coefficient (Wildman–Crippen LogP) is 1.58. The molecule has 25 heavy (non-hydrogen) atoms. The van der Waals surface area contributed by atoms with Crippen LogP contribution in [0.1, 0.15) is 18.4 Å². The van der Waals surface area contributed by atoms with Crippen LogP contribution < -0.4 is 16.4 Å². The molecule has 130 valence electrons. The van der Waals surface area contributed by atoms with Crippen LogP contribution in [0.4, 0.5) is 5.82 Å². The van der Waals surface area contributed by atoms with Crippen molar-refractivity contribution in [3.05, 3.63) is 42.0 Å². The van der Waals surface area contributed by atoms with Crippen molar-refractivity contribution in [3.63, 3.8) is 0 Å². The molecule has 0 spiro atoms. The number of rotatable bonds is 5. The van der Waals surface area contributed by atoms with E-state index >= 15 is 0 Å². The van der Waals surface area contributed by atoms with Crippen molar-refractivity contribution in [2.75, 3.05) is 18.4 Å². The molecule has 2 heterocycles. The summed E-state index contributed by atoms with van der Waals surface area (Å²) in [5.41, 5.74) is 7.92. The number of hydrogen-bond acceptors (Lipinski definition) is 5. The maximum Gasteiger partial charge on any atom is 0.221 e. The number of nitrogens with zero attached hydrogens (tertiary/aromatic N) is 2. The van der Waals surface area contributed by atoms with Crippen molar-refractivity contribution >= 4 is 11.7 Å². The monoisotopic (exact) mass is 337 g/mol. The lowest BCUT2D eigenvalue weighted by molar-refractivity contribution is -0.117. The summed E-state index contributed by atoms with van der Waals surface area (Å²) in [5, 5.41) is 15.7. The Balaban J connectivity index is 1.39. The fourth-order valence-corrected chi connectivity index (χ4v) is 4.05. The molecule has 6 nitrogen and oxygen atoms in total. The zero-order valence-electron chi connectivity index (χ0n) is 14.1. The van der Waals surface area contributed by atoms with E-state index in [1.807, 2.05) is 36.4 Å². The minimum Gasteiger partial charge on any atom is -0.369 e. The average Bonchev–Trinajstić information content (AvgIpc) is 3.17. The fraction of sp³-hybridized carbons (Fsp3) is 0.421. The van der Waals surface area contributed by atoms with Crippen LogP contribution in [-0.4, -0.2) is 35.2 Å². The van der Waals surface area contributed by atoms with Gasteiger partial charge in [0.25, 0.3) is 0 Å². The van der Waals surface area contributed by atoms with Crippen LogP contribution in [0, 0.1) is 11.8 Å². The Bertz CT molecular complexity index is 731. The molecule has 1 unspecified atom stereocenters. The number of nitrogens with two attached hydrogens (primary N) is 1. The molecule has 0 radical (unpaired) electrons. The van der Waals surface area contributed by atoms with E-state index in [9.17, 15) is 4.79 Å². The molecule has 4 N–H and O–H groups in total. The van der Waals surface area contributed by atoms with Gasteiger partial charge in [-0.1, -0.05) is 24.3 Å². The summed E-state index contributed by atoms with van der Waals surface area (Å²) in [4.78, 5) is 11.0. The molecule has 1 saturated heterocycles. The van der Waals surface area contributed by atoms with E-state index < -0.39 is 0 Å². The number of primary amides is 1. The summed E-state index contributed by atoms with van der Waals surface area (Å²) in [6.45, 7) is 2.30. The molecule has 2 aromatic rings. The lowest BCUT2D eigenvalue weighted by Gasteiger charge is -2.14. The second-order valence-corrected chi connectivity index (χ2v) is 7.13. The molecule has 2 fully saturated rings. The van der Waals surface area contributed by atoms with Crippen LogP contribution in [0.5, 0.6) is 0 Å². The summed E-state index contributed by atoms with van der Waals surface area (Å²) in [5.74, 6) is 2.13. The van der Waals surface area contributed by atoms with Crippen molar-refractivity contribution in [2.24, 2.45) is 17.6 Å². The molecule has 1 aromatic carbocycles. The molecule has 6 heteroatoms. The highest BCUT2D eigenvalue weighted by Gasteiger charge is 2.37. The highest BCUT2D eigenvalue weighted by atomic mass is 16.1. The number of fused-ring (bicyclic) bond motifs is 1. The van der Waals surface area contributed by atoms with E-state index in [1.165, 1.54) is 12.8 Å². The van der Waals surface area contributed by atoms with E-state index in [-0.39, 0.29) is 12.3 Å². The van der Waals surface area contributed by atoms with Crippen molar-refractivity contribution in [3.8, 4) is 11.3 Å². The van der Waals surface area contributed by atoms with Crippen LogP contribution >= 0.6 is 0 Å². The third kappa shape index (κ3) is 3.64. The molecular formula is C19H23N5O. The van der Waals surface area contributed by atoms with Crippen molar-refractivity contribution in [2.45, 2.75) is 25.3 Å². The number of carbonyl (C=O) groups excluding carboxylic acids is 1. The number of nitrogens with one attached hydrogen (secondary N) is 2. The molecule has 1 aliphatic carbocycles. The lowest BCUT2D eigenvalue weighted by atomic mass is 10.0. The number of anilines is 1. The molecule has 0 bridgehead atoms. The van der Waals surface area contributed by atoms with Gasteiger partial charge in [0.2, 0.25) is 5.91 Å². The second-order valence-electron chi connectivity index (χ2n) is 7.13. The van der Waals surface area contributed by atoms with E-state index in [4.69, 9.17) is 5.73 Å². The summed E-state index contributed by atoms with van der Waals surface area (Å²) < 4.78 is 0.